The van der Waals surface area contributed by atoms with Gasteiger partial charge in [-0.2, -0.15) is 0 Å². The van der Waals surface area contributed by atoms with Gasteiger partial charge in [0.2, 0.25) is 0 Å². The topological polar surface area (TPSA) is 110 Å². The summed E-state index contributed by atoms with van der Waals surface area (Å²) in [6.07, 6.45) is 11.3. The predicted octanol–water partition coefficient (Wildman–Crippen LogP) is 3.10. The van der Waals surface area contributed by atoms with Gasteiger partial charge in [-0.05, 0) is 116 Å². The van der Waals surface area contributed by atoms with Gasteiger partial charge in [0.25, 0.3) is 0 Å². The maximum Gasteiger partial charge on any atom is 0.305 e. The number of aliphatic hydroxyl groups is 1. The van der Waals surface area contributed by atoms with Crippen LogP contribution in [0.1, 0.15) is 87.6 Å². The lowest BCUT2D eigenvalue weighted by Gasteiger charge is -2.04. The number of esters is 1. The fourth-order valence-corrected chi connectivity index (χ4v) is 6.40. The Morgan fingerprint density at radius 3 is 1.86 bits per heavy atom. The van der Waals surface area contributed by atoms with Crippen molar-refractivity contribution >= 4 is 35.8 Å². The van der Waals surface area contributed by atoms with Crippen LogP contribution in [0, 0.1) is 27.7 Å². The summed E-state index contributed by atoms with van der Waals surface area (Å²) >= 11 is 0. The second-order valence-electron chi connectivity index (χ2n) is 11.2. The average molecular weight is 567 g/mol. The number of H-pyrrole nitrogens is 4. The molecule has 0 amide bonds. The van der Waals surface area contributed by atoms with Gasteiger partial charge >= 0.3 is 5.97 Å². The molecule has 7 heteroatoms. The highest BCUT2D eigenvalue weighted by atomic mass is 16.5. The summed E-state index contributed by atoms with van der Waals surface area (Å²) in [5.74, 6) is -0.243. The largest absolute Gasteiger partial charge is 0.469 e. The molecule has 5 N–H and O–H groups in total. The standard InChI is InChI=1S/C35H42N4O3/c1-9-23-19(4)26-13-27-21(6)25(11-12-34(41)42-8)32(38-27)16-33-35(18(3)17-40)22(7)29(39-33)15-31-24(10-2)20(5)28(37-31)14-30(23)36-26/h13-16,36-40H,3,9-12,17H2,1-2,4-8H3. The molecule has 4 aromatic heterocycles. The van der Waals surface area contributed by atoms with Crippen LogP contribution in [-0.2, 0) is 28.8 Å². The number of nitrogens with one attached hydrogen (secondary N) is 4. The first kappa shape index (κ1) is 29.3. The van der Waals surface area contributed by atoms with E-state index in [1.54, 1.807) is 0 Å². The summed E-state index contributed by atoms with van der Waals surface area (Å²) in [6.45, 7) is 16.9. The Hall–Kier alpha value is -4.23. The number of aliphatic hydroxyl groups excluding tert-OH is 1. The van der Waals surface area contributed by atoms with E-state index < -0.39 is 0 Å². The molecule has 8 bridgehead atoms. The predicted molar refractivity (Wildman–Crippen MR) is 170 cm³/mol. The third kappa shape index (κ3) is 5.02. The molecule has 0 fully saturated rings. The van der Waals surface area contributed by atoms with E-state index in [4.69, 9.17) is 4.74 Å². The minimum atomic E-state index is -0.243. The highest BCUT2D eigenvalue weighted by Crippen LogP contribution is 2.26. The van der Waals surface area contributed by atoms with Crippen LogP contribution in [0.2, 0.25) is 0 Å². The van der Waals surface area contributed by atoms with Crippen LogP contribution in [-0.4, -0.2) is 44.7 Å². The number of rotatable bonds is 7. The molecule has 7 nitrogen and oxygen atoms in total. The van der Waals surface area contributed by atoms with Gasteiger partial charge in [-0.25, -0.2) is 0 Å². The summed E-state index contributed by atoms with van der Waals surface area (Å²) in [5, 5.41) is 14.2. The number of hydrogen-bond donors (Lipinski definition) is 5. The molecule has 5 rings (SSSR count). The van der Waals surface area contributed by atoms with E-state index in [1.165, 1.54) is 29.4 Å². The number of hydrogen-bond acceptors (Lipinski definition) is 3. The van der Waals surface area contributed by atoms with Crippen LogP contribution < -0.4 is 21.4 Å². The van der Waals surface area contributed by atoms with Crippen LogP contribution in [0.3, 0.4) is 0 Å². The average Bonchev–Trinajstić information content (AvgIpc) is 3.64. The molecule has 1 aliphatic heterocycles. The highest BCUT2D eigenvalue weighted by molar-refractivity contribution is 5.78. The van der Waals surface area contributed by atoms with Crippen molar-refractivity contribution < 1.29 is 14.6 Å². The molecule has 0 saturated carbocycles. The Balaban J connectivity index is 1.93. The molecule has 0 spiro atoms. The van der Waals surface area contributed by atoms with Crippen molar-refractivity contribution in [1.29, 1.82) is 0 Å². The van der Waals surface area contributed by atoms with Crippen molar-refractivity contribution in [1.82, 2.24) is 19.9 Å². The van der Waals surface area contributed by atoms with E-state index in [0.717, 1.165) is 79.3 Å². The van der Waals surface area contributed by atoms with Crippen molar-refractivity contribution in [3.8, 4) is 0 Å². The number of carbonyl (C=O) groups excluding carboxylic acids is 1. The van der Waals surface area contributed by atoms with Crippen LogP contribution in [0.25, 0.3) is 29.9 Å². The number of methoxy groups -OCH3 is 1. The lowest BCUT2D eigenvalue weighted by molar-refractivity contribution is -0.140. The number of aromatic nitrogens is 4. The number of carbonyl (C=O) groups is 1. The SMILES string of the molecule is C=C(CO)c1c2[nH]c(c1C)C=c1[nH]c(c(C)c1CC)=Cc1[nH]c(c(C)c1CC)C=c1[nH]c(c(CCC(=O)OC)c1C)=C2. The third-order valence-electron chi connectivity index (χ3n) is 8.88. The quantitative estimate of drug-likeness (QED) is 0.195. The van der Waals surface area contributed by atoms with E-state index in [-0.39, 0.29) is 19.0 Å². The van der Waals surface area contributed by atoms with Crippen molar-refractivity contribution in [3.63, 3.8) is 0 Å². The first-order valence-electron chi connectivity index (χ1n) is 14.7. The smallest absolute Gasteiger partial charge is 0.305 e. The summed E-state index contributed by atoms with van der Waals surface area (Å²) in [4.78, 5) is 26.8. The molecular formula is C35H42N4O3. The molecule has 4 aromatic rings. The van der Waals surface area contributed by atoms with Crippen LogP contribution >= 0.6 is 0 Å². The summed E-state index contributed by atoms with van der Waals surface area (Å²) in [6, 6.07) is 0. The fraction of sp³-hybridized carbons (Fsp3) is 0.343. The van der Waals surface area contributed by atoms with Crippen LogP contribution in [0.4, 0.5) is 0 Å². The lowest BCUT2D eigenvalue weighted by atomic mass is 10.0. The maximum atomic E-state index is 12.1. The minimum absolute atomic E-state index is 0.147. The van der Waals surface area contributed by atoms with E-state index in [9.17, 15) is 9.90 Å². The Kier molecular flexibility index (Phi) is 8.06. The Labute approximate surface area is 246 Å². The van der Waals surface area contributed by atoms with Gasteiger partial charge in [0, 0.05) is 56.2 Å². The monoisotopic (exact) mass is 566 g/mol. The van der Waals surface area contributed by atoms with Crippen molar-refractivity contribution in [3.05, 3.63) is 95.3 Å². The minimum Gasteiger partial charge on any atom is -0.469 e. The molecule has 42 heavy (non-hydrogen) atoms. The number of fused-ring (bicyclic) bond motifs is 8. The van der Waals surface area contributed by atoms with E-state index >= 15 is 0 Å². The Morgan fingerprint density at radius 2 is 1.24 bits per heavy atom. The van der Waals surface area contributed by atoms with Crippen molar-refractivity contribution in [2.45, 2.75) is 67.2 Å². The first-order chi connectivity index (χ1) is 20.1. The molecular weight excluding hydrogens is 524 g/mol. The number of ether oxygens (including phenoxy) is 1. The zero-order valence-electron chi connectivity index (χ0n) is 25.8. The molecule has 0 radical (unpaired) electrons. The molecule has 1 aliphatic rings. The van der Waals surface area contributed by atoms with Crippen molar-refractivity contribution in [2.75, 3.05) is 13.7 Å². The van der Waals surface area contributed by atoms with Crippen LogP contribution in [0.15, 0.2) is 6.58 Å². The van der Waals surface area contributed by atoms with Crippen LogP contribution in [0.5, 0.6) is 0 Å². The molecule has 0 atom stereocenters. The van der Waals surface area contributed by atoms with E-state index in [0.29, 0.717) is 12.0 Å². The third-order valence-corrected chi connectivity index (χ3v) is 8.88. The zero-order chi connectivity index (χ0) is 30.3. The van der Waals surface area contributed by atoms with Gasteiger partial charge in [-0.3, -0.25) is 4.79 Å². The fourth-order valence-electron chi connectivity index (χ4n) is 6.40. The van der Waals surface area contributed by atoms with Gasteiger partial charge in [0.1, 0.15) is 0 Å². The van der Waals surface area contributed by atoms with Gasteiger partial charge in [0.15, 0.2) is 0 Å². The summed E-state index contributed by atoms with van der Waals surface area (Å²) < 4.78 is 4.96. The zero-order valence-corrected chi connectivity index (χ0v) is 25.8. The molecule has 0 unspecified atom stereocenters. The van der Waals surface area contributed by atoms with Gasteiger partial charge < -0.3 is 29.8 Å². The molecule has 0 saturated heterocycles. The second kappa shape index (κ2) is 11.6. The van der Waals surface area contributed by atoms with Crippen molar-refractivity contribution in [2.24, 2.45) is 0 Å². The molecule has 220 valence electrons. The maximum absolute atomic E-state index is 12.1. The summed E-state index contributed by atoms with van der Waals surface area (Å²) in [7, 11) is 1.42. The summed E-state index contributed by atoms with van der Waals surface area (Å²) in [5.41, 5.74) is 13.7. The lowest BCUT2D eigenvalue weighted by Crippen LogP contribution is -2.14. The molecule has 0 aromatic carbocycles. The van der Waals surface area contributed by atoms with E-state index in [1.807, 2.05) is 0 Å². The molecule has 0 aliphatic carbocycles. The van der Waals surface area contributed by atoms with Gasteiger partial charge in [-0.15, -0.1) is 0 Å². The van der Waals surface area contributed by atoms with Gasteiger partial charge in [-0.1, -0.05) is 20.4 Å². The highest BCUT2D eigenvalue weighted by Gasteiger charge is 2.18. The Morgan fingerprint density at radius 1 is 0.714 bits per heavy atom. The molecule has 5 heterocycles. The normalized spacial score (nSPS) is 12.3. The Bertz CT molecular complexity index is 1960. The van der Waals surface area contributed by atoms with E-state index in [2.05, 4.69) is 92.4 Å². The first-order valence-corrected chi connectivity index (χ1v) is 14.7. The number of aromatic amines is 4. The second-order valence-corrected chi connectivity index (χ2v) is 11.2. The van der Waals surface area contributed by atoms with Gasteiger partial charge in [0.05, 0.1) is 13.7 Å².